The number of rotatable bonds is 6. The standard InChI is InChI=1S/C19H24FN3O/c1-21-19(23(2)14-16-7-9-17(20)10-8-16)22-12-11-15-5-4-6-18(13-15)24-3/h4-10,13H,11-12,14H2,1-3H3,(H,21,22). The second-order valence-electron chi connectivity index (χ2n) is 5.56. The van der Waals surface area contributed by atoms with E-state index in [4.69, 9.17) is 4.74 Å². The number of hydrogen-bond acceptors (Lipinski definition) is 2. The smallest absolute Gasteiger partial charge is 0.193 e. The monoisotopic (exact) mass is 329 g/mol. The van der Waals surface area contributed by atoms with E-state index < -0.39 is 0 Å². The molecular weight excluding hydrogens is 305 g/mol. The first-order valence-electron chi connectivity index (χ1n) is 7.91. The minimum absolute atomic E-state index is 0.220. The number of ether oxygens (including phenoxy) is 1. The lowest BCUT2D eigenvalue weighted by Crippen LogP contribution is -2.39. The summed E-state index contributed by atoms with van der Waals surface area (Å²) in [5, 5.41) is 3.35. The van der Waals surface area contributed by atoms with Gasteiger partial charge in [0.2, 0.25) is 0 Å². The van der Waals surface area contributed by atoms with Gasteiger partial charge in [0.1, 0.15) is 11.6 Å². The van der Waals surface area contributed by atoms with E-state index in [0.29, 0.717) is 6.54 Å². The average Bonchev–Trinajstić information content (AvgIpc) is 2.61. The van der Waals surface area contributed by atoms with Gasteiger partial charge in [0.05, 0.1) is 7.11 Å². The highest BCUT2D eigenvalue weighted by Gasteiger charge is 2.06. The summed E-state index contributed by atoms with van der Waals surface area (Å²) in [7, 11) is 5.39. The molecule has 0 aliphatic heterocycles. The number of benzene rings is 2. The highest BCUT2D eigenvalue weighted by atomic mass is 19.1. The molecule has 0 saturated heterocycles. The van der Waals surface area contributed by atoms with Crippen LogP contribution in [0.5, 0.6) is 5.75 Å². The summed E-state index contributed by atoms with van der Waals surface area (Å²) in [6.45, 7) is 1.44. The number of nitrogens with one attached hydrogen (secondary N) is 1. The van der Waals surface area contributed by atoms with Crippen LogP contribution in [0.3, 0.4) is 0 Å². The van der Waals surface area contributed by atoms with Gasteiger partial charge in [0, 0.05) is 27.2 Å². The lowest BCUT2D eigenvalue weighted by Gasteiger charge is -2.22. The van der Waals surface area contributed by atoms with E-state index in [1.165, 1.54) is 17.7 Å². The Balaban J connectivity index is 1.86. The van der Waals surface area contributed by atoms with Crippen molar-refractivity contribution in [2.45, 2.75) is 13.0 Å². The van der Waals surface area contributed by atoms with E-state index in [1.54, 1.807) is 26.3 Å². The fourth-order valence-corrected chi connectivity index (χ4v) is 2.47. The van der Waals surface area contributed by atoms with Crippen LogP contribution in [-0.4, -0.2) is 38.6 Å². The molecule has 2 aromatic carbocycles. The summed E-state index contributed by atoms with van der Waals surface area (Å²) in [4.78, 5) is 6.31. The average molecular weight is 329 g/mol. The molecule has 24 heavy (non-hydrogen) atoms. The van der Waals surface area contributed by atoms with Crippen molar-refractivity contribution in [3.05, 3.63) is 65.5 Å². The molecule has 0 radical (unpaired) electrons. The zero-order chi connectivity index (χ0) is 17.4. The van der Waals surface area contributed by atoms with Gasteiger partial charge < -0.3 is 15.0 Å². The summed E-state index contributed by atoms with van der Waals surface area (Å²) in [5.74, 6) is 1.45. The molecule has 0 unspecified atom stereocenters. The van der Waals surface area contributed by atoms with Crippen LogP contribution < -0.4 is 10.1 Å². The summed E-state index contributed by atoms with van der Waals surface area (Å²) < 4.78 is 18.2. The Morgan fingerprint density at radius 3 is 2.58 bits per heavy atom. The lowest BCUT2D eigenvalue weighted by molar-refractivity contribution is 0.414. The molecule has 4 nitrogen and oxygen atoms in total. The lowest BCUT2D eigenvalue weighted by atomic mass is 10.1. The zero-order valence-corrected chi connectivity index (χ0v) is 14.4. The molecule has 0 aromatic heterocycles. The first-order valence-corrected chi connectivity index (χ1v) is 7.91. The van der Waals surface area contributed by atoms with Crippen LogP contribution in [0.25, 0.3) is 0 Å². The van der Waals surface area contributed by atoms with E-state index >= 15 is 0 Å². The molecule has 5 heteroatoms. The number of methoxy groups -OCH3 is 1. The van der Waals surface area contributed by atoms with Gasteiger partial charge >= 0.3 is 0 Å². The van der Waals surface area contributed by atoms with Crippen LogP contribution in [0, 0.1) is 5.82 Å². The molecule has 0 heterocycles. The molecule has 0 aliphatic carbocycles. The summed E-state index contributed by atoms with van der Waals surface area (Å²) in [6, 6.07) is 14.6. The Kier molecular flexibility index (Phi) is 6.61. The maximum atomic E-state index is 13.0. The van der Waals surface area contributed by atoms with E-state index in [2.05, 4.69) is 16.4 Å². The fraction of sp³-hybridized carbons (Fsp3) is 0.316. The van der Waals surface area contributed by atoms with Crippen LogP contribution in [0.15, 0.2) is 53.5 Å². The quantitative estimate of drug-likeness (QED) is 0.654. The molecule has 0 aliphatic rings. The molecule has 0 fully saturated rings. The Morgan fingerprint density at radius 1 is 1.17 bits per heavy atom. The summed E-state index contributed by atoms with van der Waals surface area (Å²) in [5.41, 5.74) is 2.24. The normalized spacial score (nSPS) is 11.2. The van der Waals surface area contributed by atoms with E-state index in [1.807, 2.05) is 30.1 Å². The minimum Gasteiger partial charge on any atom is -0.497 e. The molecule has 0 bridgehead atoms. The third-order valence-corrected chi connectivity index (χ3v) is 3.74. The maximum absolute atomic E-state index is 13.0. The first-order chi connectivity index (χ1) is 11.6. The number of guanidine groups is 1. The van der Waals surface area contributed by atoms with Gasteiger partial charge in [-0.2, -0.15) is 0 Å². The van der Waals surface area contributed by atoms with Crippen molar-refractivity contribution in [2.75, 3.05) is 27.7 Å². The predicted octanol–water partition coefficient (Wildman–Crippen LogP) is 3.08. The van der Waals surface area contributed by atoms with Crippen LogP contribution >= 0.6 is 0 Å². The van der Waals surface area contributed by atoms with Crippen LogP contribution in [0.1, 0.15) is 11.1 Å². The minimum atomic E-state index is -0.220. The van der Waals surface area contributed by atoms with Gasteiger partial charge in [-0.3, -0.25) is 4.99 Å². The van der Waals surface area contributed by atoms with Crippen molar-refractivity contribution in [1.29, 1.82) is 0 Å². The molecule has 1 N–H and O–H groups in total. The fourth-order valence-electron chi connectivity index (χ4n) is 2.47. The zero-order valence-electron chi connectivity index (χ0n) is 14.4. The number of halogens is 1. The molecule has 0 saturated carbocycles. The van der Waals surface area contributed by atoms with E-state index in [-0.39, 0.29) is 5.82 Å². The van der Waals surface area contributed by atoms with Crippen LogP contribution in [0.4, 0.5) is 4.39 Å². The number of aliphatic imine (C=N–C) groups is 1. The molecule has 128 valence electrons. The summed E-state index contributed by atoms with van der Waals surface area (Å²) in [6.07, 6.45) is 0.876. The van der Waals surface area contributed by atoms with Gasteiger partial charge in [-0.1, -0.05) is 24.3 Å². The largest absolute Gasteiger partial charge is 0.497 e. The van der Waals surface area contributed by atoms with E-state index in [9.17, 15) is 4.39 Å². The highest BCUT2D eigenvalue weighted by Crippen LogP contribution is 2.12. The van der Waals surface area contributed by atoms with Crippen LogP contribution in [0.2, 0.25) is 0 Å². The van der Waals surface area contributed by atoms with Gasteiger partial charge in [0.15, 0.2) is 5.96 Å². The second-order valence-corrected chi connectivity index (χ2v) is 5.56. The highest BCUT2D eigenvalue weighted by molar-refractivity contribution is 5.79. The van der Waals surface area contributed by atoms with Gasteiger partial charge in [-0.05, 0) is 41.8 Å². The molecule has 0 amide bonds. The first kappa shape index (κ1) is 17.8. The number of hydrogen-bond donors (Lipinski definition) is 1. The van der Waals surface area contributed by atoms with Crippen molar-refractivity contribution in [2.24, 2.45) is 4.99 Å². The Labute approximate surface area is 143 Å². The second kappa shape index (κ2) is 8.91. The van der Waals surface area contributed by atoms with Crippen molar-refractivity contribution in [1.82, 2.24) is 10.2 Å². The summed E-state index contributed by atoms with van der Waals surface area (Å²) >= 11 is 0. The molecule has 0 spiro atoms. The van der Waals surface area contributed by atoms with Gasteiger partial charge in [0.25, 0.3) is 0 Å². The Bertz CT molecular complexity index is 671. The van der Waals surface area contributed by atoms with Crippen LogP contribution in [-0.2, 0) is 13.0 Å². The maximum Gasteiger partial charge on any atom is 0.193 e. The third kappa shape index (κ3) is 5.26. The SMILES string of the molecule is CN=C(NCCc1cccc(OC)c1)N(C)Cc1ccc(F)cc1. The predicted molar refractivity (Wildman–Crippen MR) is 95.9 cm³/mol. The van der Waals surface area contributed by atoms with Crippen molar-refractivity contribution < 1.29 is 9.13 Å². The van der Waals surface area contributed by atoms with Crippen molar-refractivity contribution in [3.63, 3.8) is 0 Å². The van der Waals surface area contributed by atoms with Gasteiger partial charge in [-0.15, -0.1) is 0 Å². The molecule has 2 aromatic rings. The third-order valence-electron chi connectivity index (χ3n) is 3.74. The Hall–Kier alpha value is -2.56. The Morgan fingerprint density at radius 2 is 1.92 bits per heavy atom. The molecular formula is C19H24FN3O. The number of nitrogens with zero attached hydrogens (tertiary/aromatic N) is 2. The topological polar surface area (TPSA) is 36.9 Å². The van der Waals surface area contributed by atoms with Gasteiger partial charge in [-0.25, -0.2) is 4.39 Å². The molecule has 0 atom stereocenters. The molecule has 2 rings (SSSR count). The van der Waals surface area contributed by atoms with E-state index in [0.717, 1.165) is 30.2 Å². The van der Waals surface area contributed by atoms with Crippen molar-refractivity contribution >= 4 is 5.96 Å². The van der Waals surface area contributed by atoms with Crippen molar-refractivity contribution in [3.8, 4) is 5.75 Å².